The van der Waals surface area contributed by atoms with Gasteiger partial charge in [-0.15, -0.1) is 0 Å². The molecule has 1 aromatic heterocycles. The lowest BCUT2D eigenvalue weighted by Crippen LogP contribution is -2.17. The second-order valence-electron chi connectivity index (χ2n) is 3.30. The molecule has 0 radical (unpaired) electrons. The summed E-state index contributed by atoms with van der Waals surface area (Å²) in [6, 6.07) is 0.0486. The maximum absolute atomic E-state index is 9.63. The van der Waals surface area contributed by atoms with Gasteiger partial charge in [-0.3, -0.25) is 0 Å². The summed E-state index contributed by atoms with van der Waals surface area (Å²) >= 11 is 11.6. The zero-order chi connectivity index (χ0) is 9.42. The smallest absolute Gasteiger partial charge is 0.166 e. The second-order valence-corrected chi connectivity index (χ2v) is 4.02. The second kappa shape index (κ2) is 3.48. The highest BCUT2D eigenvalue weighted by molar-refractivity contribution is 6.40. The van der Waals surface area contributed by atoms with Gasteiger partial charge in [0.05, 0.1) is 18.5 Å². The minimum absolute atomic E-state index is 0.0486. The molecule has 1 N–H and O–H groups in total. The Morgan fingerprint density at radius 3 is 2.69 bits per heavy atom. The predicted octanol–water partition coefficient (Wildman–Crippen LogP) is 2.28. The van der Waals surface area contributed by atoms with Crippen LogP contribution in [-0.2, 0) is 0 Å². The Kier molecular flexibility index (Phi) is 2.49. The molecule has 72 valence electrons. The molecule has 0 amide bonds. The lowest BCUT2D eigenvalue weighted by Gasteiger charge is -2.16. The first-order chi connectivity index (χ1) is 6.20. The summed E-state index contributed by atoms with van der Waals surface area (Å²) in [5, 5.41) is 10.4. The monoisotopic (exact) mass is 220 g/mol. The number of imidazole rings is 1. The first-order valence-electron chi connectivity index (χ1n) is 4.26. The Bertz CT molecular complexity index is 313. The van der Waals surface area contributed by atoms with E-state index in [0.717, 1.165) is 19.3 Å². The zero-order valence-electron chi connectivity index (χ0n) is 6.95. The van der Waals surface area contributed by atoms with Crippen molar-refractivity contribution in [2.24, 2.45) is 0 Å². The highest BCUT2D eigenvalue weighted by Gasteiger charge is 2.28. The quantitative estimate of drug-likeness (QED) is 0.789. The van der Waals surface area contributed by atoms with E-state index in [1.165, 1.54) is 0 Å². The Morgan fingerprint density at radius 2 is 2.23 bits per heavy atom. The lowest BCUT2D eigenvalue weighted by molar-refractivity contribution is 0.136. The topological polar surface area (TPSA) is 38.0 Å². The van der Waals surface area contributed by atoms with E-state index in [-0.39, 0.29) is 12.1 Å². The summed E-state index contributed by atoms with van der Waals surface area (Å²) in [6.45, 7) is 0. The molecule has 2 rings (SSSR count). The van der Waals surface area contributed by atoms with Crippen molar-refractivity contribution in [3.63, 3.8) is 0 Å². The summed E-state index contributed by atoms with van der Waals surface area (Å²) in [7, 11) is 0. The molecule has 0 saturated heterocycles. The van der Waals surface area contributed by atoms with E-state index in [1.54, 1.807) is 10.9 Å². The molecule has 5 heteroatoms. The van der Waals surface area contributed by atoms with E-state index in [1.807, 2.05) is 0 Å². The average Bonchev–Trinajstić information content (AvgIpc) is 2.62. The molecule has 1 unspecified atom stereocenters. The largest absolute Gasteiger partial charge is 0.391 e. The minimum Gasteiger partial charge on any atom is -0.391 e. The molecule has 0 spiro atoms. The van der Waals surface area contributed by atoms with Crippen LogP contribution in [0.25, 0.3) is 0 Å². The standard InChI is InChI=1S/C8H10Cl2N2O/c9-7-8(10)12(4-11-7)5-2-1-3-6(5)13/h4-6,13H,1-3H2/t5?,6-/m1/s1. The number of rotatable bonds is 1. The van der Waals surface area contributed by atoms with Crippen molar-refractivity contribution >= 4 is 23.2 Å². The molecule has 3 nitrogen and oxygen atoms in total. The Hall–Kier alpha value is -0.250. The number of aliphatic hydroxyl groups is 1. The molecule has 1 heterocycles. The Labute approximate surface area is 86.3 Å². The molecule has 1 fully saturated rings. The van der Waals surface area contributed by atoms with Gasteiger partial charge in [0.15, 0.2) is 5.15 Å². The first-order valence-corrected chi connectivity index (χ1v) is 5.01. The predicted molar refractivity (Wildman–Crippen MR) is 51.1 cm³/mol. The molecule has 0 bridgehead atoms. The summed E-state index contributed by atoms with van der Waals surface area (Å²) in [5.74, 6) is 0. The number of nitrogens with zero attached hydrogens (tertiary/aromatic N) is 2. The Morgan fingerprint density at radius 1 is 1.46 bits per heavy atom. The molecular formula is C8H10Cl2N2O. The van der Waals surface area contributed by atoms with Crippen LogP contribution >= 0.6 is 23.2 Å². The van der Waals surface area contributed by atoms with Gasteiger partial charge in [0.1, 0.15) is 5.15 Å². The highest BCUT2D eigenvalue weighted by atomic mass is 35.5. The van der Waals surface area contributed by atoms with Crippen molar-refractivity contribution in [2.75, 3.05) is 0 Å². The maximum Gasteiger partial charge on any atom is 0.166 e. The van der Waals surface area contributed by atoms with Crippen molar-refractivity contribution < 1.29 is 5.11 Å². The van der Waals surface area contributed by atoms with Crippen LogP contribution in [0.2, 0.25) is 10.3 Å². The third-order valence-corrected chi connectivity index (χ3v) is 3.24. The van der Waals surface area contributed by atoms with Crippen LogP contribution < -0.4 is 0 Å². The van der Waals surface area contributed by atoms with E-state index in [9.17, 15) is 5.11 Å². The van der Waals surface area contributed by atoms with Gasteiger partial charge < -0.3 is 9.67 Å². The van der Waals surface area contributed by atoms with Gasteiger partial charge in [-0.05, 0) is 19.3 Å². The number of hydrogen-bond acceptors (Lipinski definition) is 2. The molecule has 0 aliphatic heterocycles. The molecule has 1 aromatic rings. The van der Waals surface area contributed by atoms with E-state index in [0.29, 0.717) is 10.3 Å². The van der Waals surface area contributed by atoms with Crippen LogP contribution in [0.3, 0.4) is 0 Å². The lowest BCUT2D eigenvalue weighted by atomic mass is 10.2. The molecule has 13 heavy (non-hydrogen) atoms. The van der Waals surface area contributed by atoms with Crippen molar-refractivity contribution in [3.8, 4) is 0 Å². The van der Waals surface area contributed by atoms with Crippen LogP contribution in [0.15, 0.2) is 6.33 Å². The van der Waals surface area contributed by atoms with Gasteiger partial charge in [0.2, 0.25) is 0 Å². The van der Waals surface area contributed by atoms with E-state index in [2.05, 4.69) is 4.98 Å². The van der Waals surface area contributed by atoms with Crippen LogP contribution in [0.4, 0.5) is 0 Å². The molecule has 1 aliphatic rings. The maximum atomic E-state index is 9.63. The molecule has 2 atom stereocenters. The Balaban J connectivity index is 2.29. The van der Waals surface area contributed by atoms with Crippen LogP contribution in [0, 0.1) is 0 Å². The molecular weight excluding hydrogens is 211 g/mol. The number of halogens is 2. The first kappa shape index (κ1) is 9.31. The molecule has 1 aliphatic carbocycles. The van der Waals surface area contributed by atoms with Crippen molar-refractivity contribution in [1.29, 1.82) is 0 Å². The van der Waals surface area contributed by atoms with Gasteiger partial charge in [0, 0.05) is 0 Å². The van der Waals surface area contributed by atoms with Crippen LogP contribution in [-0.4, -0.2) is 20.8 Å². The summed E-state index contributed by atoms with van der Waals surface area (Å²) < 4.78 is 1.75. The minimum atomic E-state index is -0.317. The fraction of sp³-hybridized carbons (Fsp3) is 0.625. The number of aliphatic hydroxyl groups excluding tert-OH is 1. The van der Waals surface area contributed by atoms with E-state index < -0.39 is 0 Å². The summed E-state index contributed by atoms with van der Waals surface area (Å²) in [6.07, 6.45) is 4.06. The van der Waals surface area contributed by atoms with Gasteiger partial charge >= 0.3 is 0 Å². The SMILES string of the molecule is O[C@@H]1CCCC1n1cnc(Cl)c1Cl. The third-order valence-electron chi connectivity index (χ3n) is 2.49. The van der Waals surface area contributed by atoms with E-state index in [4.69, 9.17) is 23.2 Å². The number of aromatic nitrogens is 2. The fourth-order valence-corrected chi connectivity index (χ4v) is 2.16. The summed E-state index contributed by atoms with van der Waals surface area (Å²) in [5.41, 5.74) is 0. The van der Waals surface area contributed by atoms with Gasteiger partial charge in [0.25, 0.3) is 0 Å². The van der Waals surface area contributed by atoms with Gasteiger partial charge in [-0.1, -0.05) is 23.2 Å². The third kappa shape index (κ3) is 1.56. The molecule has 1 saturated carbocycles. The van der Waals surface area contributed by atoms with E-state index >= 15 is 0 Å². The zero-order valence-corrected chi connectivity index (χ0v) is 8.46. The number of hydrogen-bond donors (Lipinski definition) is 1. The van der Waals surface area contributed by atoms with Crippen molar-refractivity contribution in [2.45, 2.75) is 31.4 Å². The van der Waals surface area contributed by atoms with Crippen molar-refractivity contribution in [1.82, 2.24) is 9.55 Å². The van der Waals surface area contributed by atoms with Crippen LogP contribution in [0.5, 0.6) is 0 Å². The van der Waals surface area contributed by atoms with Crippen molar-refractivity contribution in [3.05, 3.63) is 16.6 Å². The molecule has 0 aromatic carbocycles. The fourth-order valence-electron chi connectivity index (χ4n) is 1.80. The van der Waals surface area contributed by atoms with Crippen LogP contribution in [0.1, 0.15) is 25.3 Å². The normalized spacial score (nSPS) is 28.2. The highest BCUT2D eigenvalue weighted by Crippen LogP contribution is 2.34. The summed E-state index contributed by atoms with van der Waals surface area (Å²) in [4.78, 5) is 3.88. The average molecular weight is 221 g/mol. The van der Waals surface area contributed by atoms with Gasteiger partial charge in [-0.2, -0.15) is 0 Å². The van der Waals surface area contributed by atoms with Gasteiger partial charge in [-0.25, -0.2) is 4.98 Å².